The van der Waals surface area contributed by atoms with Crippen molar-refractivity contribution in [2.75, 3.05) is 18.8 Å². The second-order valence-corrected chi connectivity index (χ2v) is 5.92. The van der Waals surface area contributed by atoms with Crippen LogP contribution >= 0.6 is 27.7 Å². The van der Waals surface area contributed by atoms with E-state index in [-0.39, 0.29) is 6.03 Å². The largest absolute Gasteiger partial charge is 0.351 e. The van der Waals surface area contributed by atoms with Gasteiger partial charge in [-0.3, -0.25) is 0 Å². The molecule has 1 aromatic rings. The molecule has 0 aromatic heterocycles. The highest BCUT2D eigenvalue weighted by molar-refractivity contribution is 9.10. The van der Waals surface area contributed by atoms with Gasteiger partial charge < -0.3 is 10.6 Å². The average Bonchev–Trinajstić information content (AvgIpc) is 2.30. The molecule has 2 N–H and O–H groups in total. The third-order valence-corrected chi connectivity index (χ3v) is 4.39. The molecule has 1 aliphatic rings. The first-order valence-corrected chi connectivity index (χ1v) is 6.92. The highest BCUT2D eigenvalue weighted by Gasteiger charge is 2.23. The van der Waals surface area contributed by atoms with E-state index in [0.717, 1.165) is 16.8 Å². The van der Waals surface area contributed by atoms with Crippen LogP contribution in [0, 0.1) is 0 Å². The lowest BCUT2D eigenvalue weighted by atomic mass is 10.1. The fourth-order valence-electron chi connectivity index (χ4n) is 1.73. The van der Waals surface area contributed by atoms with Gasteiger partial charge in [0.25, 0.3) is 0 Å². The third-order valence-electron chi connectivity index (χ3n) is 2.62. The minimum atomic E-state index is -0.317. The summed E-state index contributed by atoms with van der Waals surface area (Å²) in [5.41, 5.74) is 6.55. The number of amides is 2. The van der Waals surface area contributed by atoms with Gasteiger partial charge in [-0.15, -0.1) is 0 Å². The maximum atomic E-state index is 11.1. The van der Waals surface area contributed by atoms with Crippen molar-refractivity contribution in [1.29, 1.82) is 0 Å². The molecule has 1 heterocycles. The standard InChI is InChI=1S/C11H13BrN2OS/c12-9-3-1-8(2-4-9)10-7-14(11(13)15)5-6-16-10/h1-4,10H,5-7H2,(H2,13,15). The van der Waals surface area contributed by atoms with Crippen LogP contribution in [0.1, 0.15) is 10.8 Å². The van der Waals surface area contributed by atoms with Crippen molar-refractivity contribution < 1.29 is 4.79 Å². The normalized spacial score (nSPS) is 20.8. The van der Waals surface area contributed by atoms with E-state index in [1.165, 1.54) is 5.56 Å². The van der Waals surface area contributed by atoms with Crippen LogP contribution in [0.5, 0.6) is 0 Å². The molecule has 1 saturated heterocycles. The minimum Gasteiger partial charge on any atom is -0.351 e. The number of rotatable bonds is 1. The second-order valence-electron chi connectivity index (χ2n) is 3.70. The number of urea groups is 1. The number of hydrogen-bond donors (Lipinski definition) is 1. The Morgan fingerprint density at radius 2 is 2.12 bits per heavy atom. The summed E-state index contributed by atoms with van der Waals surface area (Å²) in [5.74, 6) is 0.948. The molecule has 0 bridgehead atoms. The number of hydrogen-bond acceptors (Lipinski definition) is 2. The van der Waals surface area contributed by atoms with Crippen LogP contribution in [0.2, 0.25) is 0 Å². The Morgan fingerprint density at radius 1 is 1.44 bits per heavy atom. The van der Waals surface area contributed by atoms with Gasteiger partial charge >= 0.3 is 6.03 Å². The van der Waals surface area contributed by atoms with Gasteiger partial charge in [0, 0.05) is 28.6 Å². The zero-order valence-corrected chi connectivity index (χ0v) is 11.1. The Kier molecular flexibility index (Phi) is 3.76. The highest BCUT2D eigenvalue weighted by atomic mass is 79.9. The van der Waals surface area contributed by atoms with Crippen LogP contribution in [0.15, 0.2) is 28.7 Å². The van der Waals surface area contributed by atoms with Crippen molar-refractivity contribution in [2.45, 2.75) is 5.25 Å². The van der Waals surface area contributed by atoms with E-state index >= 15 is 0 Å². The van der Waals surface area contributed by atoms with Crippen molar-refractivity contribution in [2.24, 2.45) is 5.73 Å². The van der Waals surface area contributed by atoms with Gasteiger partial charge in [0.1, 0.15) is 0 Å². The maximum absolute atomic E-state index is 11.1. The van der Waals surface area contributed by atoms with Crippen molar-refractivity contribution >= 4 is 33.7 Å². The number of carbonyl (C=O) groups excluding carboxylic acids is 1. The first-order chi connectivity index (χ1) is 7.66. The minimum absolute atomic E-state index is 0.317. The Balaban J connectivity index is 2.09. The Bertz CT molecular complexity index is 382. The molecule has 1 aliphatic heterocycles. The van der Waals surface area contributed by atoms with Gasteiger partial charge in [0.05, 0.1) is 0 Å². The Hall–Kier alpha value is -0.680. The molecule has 2 rings (SSSR count). The molecule has 1 atom stereocenters. The molecule has 1 aromatic carbocycles. The van der Waals surface area contributed by atoms with Gasteiger partial charge in [-0.25, -0.2) is 4.79 Å². The molecule has 1 fully saturated rings. The van der Waals surface area contributed by atoms with E-state index < -0.39 is 0 Å². The van der Waals surface area contributed by atoms with E-state index in [2.05, 4.69) is 28.1 Å². The SMILES string of the molecule is NC(=O)N1CCSC(c2ccc(Br)cc2)C1. The van der Waals surface area contributed by atoms with E-state index in [0.29, 0.717) is 11.8 Å². The third kappa shape index (κ3) is 2.71. The summed E-state index contributed by atoms with van der Waals surface area (Å²) < 4.78 is 1.07. The first kappa shape index (κ1) is 11.8. The summed E-state index contributed by atoms with van der Waals surface area (Å²) in [6.45, 7) is 1.47. The van der Waals surface area contributed by atoms with Crippen LogP contribution in [-0.4, -0.2) is 29.8 Å². The number of nitrogens with two attached hydrogens (primary N) is 1. The number of primary amides is 1. The fraction of sp³-hybridized carbons (Fsp3) is 0.364. The van der Waals surface area contributed by atoms with Gasteiger partial charge in [-0.1, -0.05) is 28.1 Å². The number of halogens is 1. The van der Waals surface area contributed by atoms with Crippen molar-refractivity contribution in [1.82, 2.24) is 4.90 Å². The Labute approximate surface area is 108 Å². The molecule has 0 spiro atoms. The lowest BCUT2D eigenvalue weighted by molar-refractivity contribution is 0.209. The molecule has 86 valence electrons. The van der Waals surface area contributed by atoms with Crippen LogP contribution in [0.3, 0.4) is 0 Å². The van der Waals surface area contributed by atoms with Crippen molar-refractivity contribution in [3.05, 3.63) is 34.3 Å². The molecule has 3 nitrogen and oxygen atoms in total. The molecular weight excluding hydrogens is 288 g/mol. The van der Waals surface area contributed by atoms with Gasteiger partial charge in [0.15, 0.2) is 0 Å². The lowest BCUT2D eigenvalue weighted by Crippen LogP contribution is -2.42. The van der Waals surface area contributed by atoms with Crippen molar-refractivity contribution in [3.8, 4) is 0 Å². The van der Waals surface area contributed by atoms with E-state index in [4.69, 9.17) is 5.73 Å². The summed E-state index contributed by atoms with van der Waals surface area (Å²) in [7, 11) is 0. The summed E-state index contributed by atoms with van der Waals surface area (Å²) in [6, 6.07) is 7.92. The summed E-state index contributed by atoms with van der Waals surface area (Å²) in [5, 5.41) is 0.342. The quantitative estimate of drug-likeness (QED) is 0.866. The van der Waals surface area contributed by atoms with Gasteiger partial charge in [-0.05, 0) is 17.7 Å². The number of thioether (sulfide) groups is 1. The van der Waals surface area contributed by atoms with E-state index in [1.54, 1.807) is 4.90 Å². The summed E-state index contributed by atoms with van der Waals surface area (Å²) >= 11 is 5.29. The molecule has 5 heteroatoms. The monoisotopic (exact) mass is 300 g/mol. The Morgan fingerprint density at radius 3 is 2.75 bits per heavy atom. The van der Waals surface area contributed by atoms with E-state index in [1.807, 2.05) is 23.9 Å². The first-order valence-electron chi connectivity index (χ1n) is 5.08. The summed E-state index contributed by atoms with van der Waals surface area (Å²) in [6.07, 6.45) is 0. The average molecular weight is 301 g/mol. The summed E-state index contributed by atoms with van der Waals surface area (Å²) in [4.78, 5) is 12.8. The maximum Gasteiger partial charge on any atom is 0.314 e. The zero-order chi connectivity index (χ0) is 11.5. The smallest absolute Gasteiger partial charge is 0.314 e. The lowest BCUT2D eigenvalue weighted by Gasteiger charge is -2.31. The van der Waals surface area contributed by atoms with Crippen LogP contribution in [0.4, 0.5) is 4.79 Å². The second kappa shape index (κ2) is 5.10. The molecule has 0 aliphatic carbocycles. The van der Waals surface area contributed by atoms with Crippen LogP contribution in [-0.2, 0) is 0 Å². The fourth-order valence-corrected chi connectivity index (χ4v) is 3.24. The van der Waals surface area contributed by atoms with Gasteiger partial charge in [-0.2, -0.15) is 11.8 Å². The highest BCUT2D eigenvalue weighted by Crippen LogP contribution is 2.33. The van der Waals surface area contributed by atoms with Crippen LogP contribution in [0.25, 0.3) is 0 Å². The van der Waals surface area contributed by atoms with Crippen molar-refractivity contribution in [3.63, 3.8) is 0 Å². The van der Waals surface area contributed by atoms with Gasteiger partial charge in [0.2, 0.25) is 0 Å². The molecule has 0 radical (unpaired) electrons. The molecule has 0 saturated carbocycles. The number of carbonyl (C=O) groups is 1. The predicted octanol–water partition coefficient (Wildman–Crippen LogP) is 2.62. The predicted molar refractivity (Wildman–Crippen MR) is 70.5 cm³/mol. The number of nitrogens with zero attached hydrogens (tertiary/aromatic N) is 1. The number of benzene rings is 1. The molecule has 16 heavy (non-hydrogen) atoms. The van der Waals surface area contributed by atoms with Crippen LogP contribution < -0.4 is 5.73 Å². The molecule has 1 unspecified atom stereocenters. The zero-order valence-electron chi connectivity index (χ0n) is 8.73. The van der Waals surface area contributed by atoms with E-state index in [9.17, 15) is 4.79 Å². The molecule has 2 amide bonds. The topological polar surface area (TPSA) is 46.3 Å². The molecular formula is C11H13BrN2OS.